The van der Waals surface area contributed by atoms with Crippen LogP contribution in [-0.2, 0) is 0 Å². The Hall–Kier alpha value is -3.77. The number of hydrogen-bond acceptors (Lipinski definition) is 5. The number of aliphatic hydroxyl groups is 1. The van der Waals surface area contributed by atoms with E-state index < -0.39 is 6.10 Å². The van der Waals surface area contributed by atoms with Gasteiger partial charge in [0, 0.05) is 44.5 Å². The minimum absolute atomic E-state index is 0.239. The first kappa shape index (κ1) is 25.9. The number of ether oxygens (including phenoxy) is 1. The van der Waals surface area contributed by atoms with Gasteiger partial charge in [-0.15, -0.1) is 0 Å². The molecule has 2 heterocycles. The summed E-state index contributed by atoms with van der Waals surface area (Å²) in [6, 6.07) is 35.4. The molecule has 1 fully saturated rings. The van der Waals surface area contributed by atoms with Crippen LogP contribution in [0.5, 0.6) is 5.75 Å². The maximum Gasteiger partial charge on any atom is 0.126 e. The predicted octanol–water partition coefficient (Wildman–Crippen LogP) is 5.40. The van der Waals surface area contributed by atoms with E-state index in [-0.39, 0.29) is 12.6 Å². The average Bonchev–Trinajstić information content (AvgIpc) is 2.98. The average molecular weight is 506 g/mol. The lowest BCUT2D eigenvalue weighted by molar-refractivity contribution is 0.0400. The molecule has 1 N–H and O–H groups in total. The van der Waals surface area contributed by atoms with Crippen molar-refractivity contribution in [2.45, 2.75) is 12.1 Å². The zero-order valence-electron chi connectivity index (χ0n) is 21.6. The molecule has 194 valence electrons. The number of aliphatic hydroxyl groups excluding tert-OH is 1. The van der Waals surface area contributed by atoms with Crippen LogP contribution in [0.15, 0.2) is 109 Å². The summed E-state index contributed by atoms with van der Waals surface area (Å²) in [7, 11) is 0. The second-order valence-corrected chi connectivity index (χ2v) is 9.65. The number of piperazine rings is 1. The SMILES string of the molecule is OC(COc1ccccc1/C=C/c1ccccn1)CN1CCN(C(c2ccccc2)c2ccccc2)CC1. The van der Waals surface area contributed by atoms with Crippen molar-refractivity contribution >= 4 is 12.2 Å². The summed E-state index contributed by atoms with van der Waals surface area (Å²) in [6.45, 7) is 4.58. The molecule has 1 aliphatic rings. The van der Waals surface area contributed by atoms with Crippen molar-refractivity contribution in [3.63, 3.8) is 0 Å². The number of para-hydroxylation sites is 1. The summed E-state index contributed by atoms with van der Waals surface area (Å²) in [6.07, 6.45) is 5.19. The van der Waals surface area contributed by atoms with E-state index in [0.717, 1.165) is 43.2 Å². The maximum absolute atomic E-state index is 10.8. The monoisotopic (exact) mass is 505 g/mol. The maximum atomic E-state index is 10.8. The van der Waals surface area contributed by atoms with Crippen LogP contribution < -0.4 is 4.74 Å². The van der Waals surface area contributed by atoms with Gasteiger partial charge in [0.15, 0.2) is 0 Å². The molecule has 0 bridgehead atoms. The third-order valence-corrected chi connectivity index (χ3v) is 6.94. The molecular weight excluding hydrogens is 470 g/mol. The molecule has 3 aromatic carbocycles. The summed E-state index contributed by atoms with van der Waals surface area (Å²) < 4.78 is 6.05. The zero-order valence-corrected chi connectivity index (χ0v) is 21.6. The fourth-order valence-electron chi connectivity index (χ4n) is 5.02. The number of nitrogens with zero attached hydrogens (tertiary/aromatic N) is 3. The highest BCUT2D eigenvalue weighted by molar-refractivity contribution is 5.71. The van der Waals surface area contributed by atoms with Gasteiger partial charge >= 0.3 is 0 Å². The van der Waals surface area contributed by atoms with Gasteiger partial charge in [-0.2, -0.15) is 0 Å². The lowest BCUT2D eigenvalue weighted by Gasteiger charge is -2.40. The molecule has 1 atom stereocenters. The van der Waals surface area contributed by atoms with Gasteiger partial charge in [-0.25, -0.2) is 0 Å². The molecule has 0 saturated carbocycles. The van der Waals surface area contributed by atoms with Crippen LogP contribution in [0.3, 0.4) is 0 Å². The number of benzene rings is 3. The van der Waals surface area contributed by atoms with Gasteiger partial charge in [-0.05, 0) is 41.5 Å². The summed E-state index contributed by atoms with van der Waals surface area (Å²) in [5.41, 5.74) is 4.49. The topological polar surface area (TPSA) is 48.8 Å². The van der Waals surface area contributed by atoms with Crippen molar-refractivity contribution in [2.75, 3.05) is 39.3 Å². The Bertz CT molecular complexity index is 1230. The van der Waals surface area contributed by atoms with Crippen molar-refractivity contribution in [3.8, 4) is 5.75 Å². The van der Waals surface area contributed by atoms with E-state index in [1.54, 1.807) is 6.20 Å². The molecule has 5 rings (SSSR count). The number of rotatable bonds is 10. The Kier molecular flexibility index (Phi) is 8.95. The summed E-state index contributed by atoms with van der Waals surface area (Å²) in [4.78, 5) is 9.22. The van der Waals surface area contributed by atoms with Gasteiger partial charge in [0.05, 0.1) is 11.7 Å². The molecule has 0 spiro atoms. The summed E-state index contributed by atoms with van der Waals surface area (Å²) in [5, 5.41) is 10.8. The summed E-state index contributed by atoms with van der Waals surface area (Å²) in [5.74, 6) is 0.761. The van der Waals surface area contributed by atoms with Crippen LogP contribution in [0.2, 0.25) is 0 Å². The fraction of sp³-hybridized carbons (Fsp3) is 0.242. The highest BCUT2D eigenvalue weighted by atomic mass is 16.5. The molecule has 1 aliphatic heterocycles. The Morgan fingerprint density at radius 3 is 2.03 bits per heavy atom. The number of aromatic nitrogens is 1. The van der Waals surface area contributed by atoms with Gasteiger partial charge in [0.2, 0.25) is 0 Å². The highest BCUT2D eigenvalue weighted by Gasteiger charge is 2.27. The molecule has 1 saturated heterocycles. The second-order valence-electron chi connectivity index (χ2n) is 9.65. The van der Waals surface area contributed by atoms with E-state index in [4.69, 9.17) is 4.74 Å². The first-order valence-corrected chi connectivity index (χ1v) is 13.3. The second kappa shape index (κ2) is 13.2. The van der Waals surface area contributed by atoms with E-state index in [9.17, 15) is 5.11 Å². The first-order valence-electron chi connectivity index (χ1n) is 13.3. The third-order valence-electron chi connectivity index (χ3n) is 6.94. The van der Waals surface area contributed by atoms with Crippen molar-refractivity contribution < 1.29 is 9.84 Å². The molecule has 38 heavy (non-hydrogen) atoms. The molecule has 5 nitrogen and oxygen atoms in total. The third kappa shape index (κ3) is 6.95. The fourth-order valence-corrected chi connectivity index (χ4v) is 5.02. The van der Waals surface area contributed by atoms with Crippen molar-refractivity contribution in [2.24, 2.45) is 0 Å². The molecule has 1 unspecified atom stereocenters. The molecule has 4 aromatic rings. The molecule has 1 aromatic heterocycles. The Morgan fingerprint density at radius 1 is 0.737 bits per heavy atom. The number of hydrogen-bond donors (Lipinski definition) is 1. The van der Waals surface area contributed by atoms with Gasteiger partial charge in [-0.3, -0.25) is 14.8 Å². The molecular formula is C33H35N3O2. The Labute approximate surface area is 225 Å². The van der Waals surface area contributed by atoms with Crippen LogP contribution in [-0.4, -0.2) is 65.3 Å². The smallest absolute Gasteiger partial charge is 0.126 e. The van der Waals surface area contributed by atoms with Crippen molar-refractivity contribution in [3.05, 3.63) is 132 Å². The predicted molar refractivity (Wildman–Crippen MR) is 154 cm³/mol. The van der Waals surface area contributed by atoms with Gasteiger partial charge in [-0.1, -0.05) is 84.9 Å². The van der Waals surface area contributed by atoms with Gasteiger partial charge < -0.3 is 9.84 Å². The highest BCUT2D eigenvalue weighted by Crippen LogP contribution is 2.29. The largest absolute Gasteiger partial charge is 0.490 e. The van der Waals surface area contributed by atoms with Crippen LogP contribution in [0.1, 0.15) is 28.4 Å². The van der Waals surface area contributed by atoms with Crippen LogP contribution >= 0.6 is 0 Å². The van der Waals surface area contributed by atoms with E-state index in [2.05, 4.69) is 75.4 Å². The van der Waals surface area contributed by atoms with Crippen LogP contribution in [0, 0.1) is 0 Å². The summed E-state index contributed by atoms with van der Waals surface area (Å²) >= 11 is 0. The molecule has 0 aliphatic carbocycles. The quantitative estimate of drug-likeness (QED) is 0.313. The molecule has 0 amide bonds. The normalized spacial score (nSPS) is 15.6. The van der Waals surface area contributed by atoms with Crippen LogP contribution in [0.25, 0.3) is 12.2 Å². The van der Waals surface area contributed by atoms with Gasteiger partial charge in [0.25, 0.3) is 0 Å². The lowest BCUT2D eigenvalue weighted by atomic mass is 9.96. The number of pyridine rings is 1. The van der Waals surface area contributed by atoms with E-state index in [0.29, 0.717) is 6.54 Å². The zero-order chi connectivity index (χ0) is 26.0. The van der Waals surface area contributed by atoms with Crippen LogP contribution in [0.4, 0.5) is 0 Å². The Morgan fingerprint density at radius 2 is 1.37 bits per heavy atom. The minimum Gasteiger partial charge on any atom is -0.490 e. The standard InChI is InChI=1S/C33H35N3O2/c37-31(26-38-32-17-8-7-11-27(32)18-19-30-16-9-10-20-34-30)25-35-21-23-36(24-22-35)33(28-12-3-1-4-13-28)29-14-5-2-6-15-29/h1-20,31,33,37H,21-26H2/b19-18+. The number of β-amino-alcohol motifs (C(OH)–C–C–N with tert-alkyl or cyclic N) is 1. The van der Waals surface area contributed by atoms with Gasteiger partial charge in [0.1, 0.15) is 18.5 Å². The lowest BCUT2D eigenvalue weighted by Crippen LogP contribution is -2.50. The minimum atomic E-state index is -0.562. The van der Waals surface area contributed by atoms with E-state index in [1.165, 1.54) is 11.1 Å². The first-order chi connectivity index (χ1) is 18.8. The van der Waals surface area contributed by atoms with Crippen molar-refractivity contribution in [1.82, 2.24) is 14.8 Å². The Balaban J connectivity index is 1.15. The van der Waals surface area contributed by atoms with E-state index >= 15 is 0 Å². The van der Waals surface area contributed by atoms with E-state index in [1.807, 2.05) is 54.6 Å². The van der Waals surface area contributed by atoms with Crippen molar-refractivity contribution in [1.29, 1.82) is 0 Å². The molecule has 5 heteroatoms. The molecule has 0 radical (unpaired) electrons.